The van der Waals surface area contributed by atoms with Gasteiger partial charge in [-0.2, -0.15) is 0 Å². The predicted octanol–water partition coefficient (Wildman–Crippen LogP) is 3.71. The van der Waals surface area contributed by atoms with Crippen LogP contribution in [0.2, 0.25) is 0 Å². The lowest BCUT2D eigenvalue weighted by molar-refractivity contribution is 0.508. The van der Waals surface area contributed by atoms with Gasteiger partial charge in [0.2, 0.25) is 0 Å². The van der Waals surface area contributed by atoms with Crippen molar-refractivity contribution >= 4 is 0 Å². The molecule has 6 nitrogen and oxygen atoms in total. The molecular formula is C19H35N3O3. The Morgan fingerprint density at radius 2 is 0.960 bits per heavy atom. The zero-order valence-electron chi connectivity index (χ0n) is 15.8. The number of H-pyrrole nitrogens is 2. The molecule has 1 aromatic rings. The molecule has 0 bridgehead atoms. The van der Waals surface area contributed by atoms with Crippen molar-refractivity contribution in [3.8, 4) is 0 Å². The van der Waals surface area contributed by atoms with Gasteiger partial charge in [0.15, 0.2) is 0 Å². The van der Waals surface area contributed by atoms with Crippen molar-refractivity contribution in [2.24, 2.45) is 0 Å². The van der Waals surface area contributed by atoms with Gasteiger partial charge in [-0.05, 0) is 6.42 Å². The normalized spacial score (nSPS) is 11.1. The largest absolute Gasteiger partial charge is 0.333 e. The van der Waals surface area contributed by atoms with Crippen LogP contribution < -0.4 is 17.1 Å². The van der Waals surface area contributed by atoms with Crippen LogP contribution in [0.3, 0.4) is 0 Å². The standard InChI is InChI=1S/C19H35N3O3/c1-2-3-4-5-6-7-8-9-10-11-12-13-14-15-16-22-18(24)20-17(23)21-19(22)25/h2-16H2,1H3,(H2,20,21,23,24,25). The Labute approximate surface area is 150 Å². The van der Waals surface area contributed by atoms with Crippen molar-refractivity contribution in [2.75, 3.05) is 0 Å². The van der Waals surface area contributed by atoms with Gasteiger partial charge in [0.05, 0.1) is 0 Å². The van der Waals surface area contributed by atoms with Crippen LogP contribution in [0, 0.1) is 0 Å². The molecule has 0 radical (unpaired) electrons. The molecule has 0 spiro atoms. The van der Waals surface area contributed by atoms with Gasteiger partial charge in [-0.25, -0.2) is 19.0 Å². The number of hydrogen-bond donors (Lipinski definition) is 2. The molecule has 0 aliphatic carbocycles. The second-order valence-corrected chi connectivity index (χ2v) is 6.94. The maximum absolute atomic E-state index is 11.5. The molecular weight excluding hydrogens is 318 g/mol. The summed E-state index contributed by atoms with van der Waals surface area (Å²) in [6.45, 7) is 2.62. The molecule has 6 heteroatoms. The lowest BCUT2D eigenvalue weighted by Gasteiger charge is -2.04. The molecule has 0 saturated carbocycles. The minimum atomic E-state index is -0.743. The number of nitrogens with one attached hydrogen (secondary N) is 2. The van der Waals surface area contributed by atoms with Crippen LogP contribution in [0.1, 0.15) is 96.8 Å². The van der Waals surface area contributed by atoms with Crippen LogP contribution in [0.5, 0.6) is 0 Å². The van der Waals surface area contributed by atoms with Crippen molar-refractivity contribution in [3.05, 3.63) is 31.5 Å². The lowest BCUT2D eigenvalue weighted by Crippen LogP contribution is -2.43. The number of unbranched alkanes of at least 4 members (excludes halogenated alkanes) is 13. The monoisotopic (exact) mass is 353 g/mol. The fourth-order valence-corrected chi connectivity index (χ4v) is 3.12. The molecule has 144 valence electrons. The third-order valence-corrected chi connectivity index (χ3v) is 4.67. The van der Waals surface area contributed by atoms with E-state index in [1.165, 1.54) is 70.6 Å². The second kappa shape index (κ2) is 13.7. The van der Waals surface area contributed by atoms with E-state index >= 15 is 0 Å². The summed E-state index contributed by atoms with van der Waals surface area (Å²) in [7, 11) is 0. The SMILES string of the molecule is CCCCCCCCCCCCCCCCn1c(=O)[nH]c(=O)[nH]c1=O. The maximum Gasteiger partial charge on any atom is 0.333 e. The number of aromatic nitrogens is 3. The molecule has 0 aliphatic heterocycles. The van der Waals surface area contributed by atoms with E-state index < -0.39 is 17.1 Å². The van der Waals surface area contributed by atoms with E-state index in [0.717, 1.165) is 23.8 Å². The third kappa shape index (κ3) is 10.1. The first kappa shape index (κ1) is 21.5. The number of aromatic amines is 2. The smallest absolute Gasteiger partial charge is 0.259 e. The Morgan fingerprint density at radius 1 is 0.600 bits per heavy atom. The quantitative estimate of drug-likeness (QED) is 0.471. The molecule has 0 atom stereocenters. The molecule has 1 aromatic heterocycles. The highest BCUT2D eigenvalue weighted by Gasteiger charge is 2.02. The number of nitrogens with zero attached hydrogens (tertiary/aromatic N) is 1. The summed E-state index contributed by atoms with van der Waals surface area (Å²) in [4.78, 5) is 38.1. The summed E-state index contributed by atoms with van der Waals surface area (Å²) in [5.41, 5.74) is -1.99. The van der Waals surface area contributed by atoms with Gasteiger partial charge in [0, 0.05) is 6.54 Å². The minimum absolute atomic E-state index is 0.364. The minimum Gasteiger partial charge on any atom is -0.259 e. The summed E-state index contributed by atoms with van der Waals surface area (Å²) in [5.74, 6) is 0. The van der Waals surface area contributed by atoms with Crippen LogP contribution in [0.4, 0.5) is 0 Å². The highest BCUT2D eigenvalue weighted by Crippen LogP contribution is 2.12. The van der Waals surface area contributed by atoms with E-state index in [1.54, 1.807) is 0 Å². The van der Waals surface area contributed by atoms with Crippen molar-refractivity contribution in [1.82, 2.24) is 14.5 Å². The topological polar surface area (TPSA) is 87.7 Å². The summed E-state index contributed by atoms with van der Waals surface area (Å²) in [5, 5.41) is 0. The van der Waals surface area contributed by atoms with Gasteiger partial charge in [-0.15, -0.1) is 0 Å². The van der Waals surface area contributed by atoms with Gasteiger partial charge in [0.25, 0.3) is 0 Å². The van der Waals surface area contributed by atoms with Gasteiger partial charge >= 0.3 is 17.1 Å². The molecule has 0 unspecified atom stereocenters. The number of hydrogen-bond acceptors (Lipinski definition) is 3. The fourth-order valence-electron chi connectivity index (χ4n) is 3.12. The molecule has 0 aliphatic rings. The molecule has 25 heavy (non-hydrogen) atoms. The molecule has 0 saturated heterocycles. The molecule has 0 amide bonds. The van der Waals surface area contributed by atoms with Crippen LogP contribution in [0.25, 0.3) is 0 Å². The first-order chi connectivity index (χ1) is 12.1. The lowest BCUT2D eigenvalue weighted by atomic mass is 10.0. The van der Waals surface area contributed by atoms with Crippen molar-refractivity contribution in [3.63, 3.8) is 0 Å². The van der Waals surface area contributed by atoms with Crippen LogP contribution >= 0.6 is 0 Å². The Balaban J connectivity index is 1.94. The summed E-state index contributed by atoms with van der Waals surface area (Å²) >= 11 is 0. The van der Waals surface area contributed by atoms with Crippen molar-refractivity contribution in [2.45, 2.75) is 103 Å². The van der Waals surface area contributed by atoms with E-state index in [2.05, 4.69) is 16.9 Å². The van der Waals surface area contributed by atoms with Crippen LogP contribution in [-0.2, 0) is 6.54 Å². The van der Waals surface area contributed by atoms with E-state index in [4.69, 9.17) is 0 Å². The molecule has 0 fully saturated rings. The Morgan fingerprint density at radius 3 is 1.36 bits per heavy atom. The second-order valence-electron chi connectivity index (χ2n) is 6.94. The van der Waals surface area contributed by atoms with Gasteiger partial charge < -0.3 is 0 Å². The van der Waals surface area contributed by atoms with E-state index in [9.17, 15) is 14.4 Å². The molecule has 1 heterocycles. The zero-order valence-corrected chi connectivity index (χ0v) is 15.8. The summed E-state index contributed by atoms with van der Waals surface area (Å²) in [6.07, 6.45) is 17.7. The molecule has 1 rings (SSSR count). The van der Waals surface area contributed by atoms with Gasteiger partial charge in [0.1, 0.15) is 0 Å². The fraction of sp³-hybridized carbons (Fsp3) is 0.842. The Bertz CT molecular complexity index is 581. The van der Waals surface area contributed by atoms with Crippen LogP contribution in [-0.4, -0.2) is 14.5 Å². The number of rotatable bonds is 15. The van der Waals surface area contributed by atoms with Crippen LogP contribution in [0.15, 0.2) is 14.4 Å². The highest BCUT2D eigenvalue weighted by molar-refractivity contribution is 4.69. The first-order valence-corrected chi connectivity index (χ1v) is 10.1. The molecule has 2 N–H and O–H groups in total. The predicted molar refractivity (Wildman–Crippen MR) is 102 cm³/mol. The van der Waals surface area contributed by atoms with Gasteiger partial charge in [-0.1, -0.05) is 90.4 Å². The Hall–Kier alpha value is -1.59. The van der Waals surface area contributed by atoms with E-state index in [0.29, 0.717) is 6.54 Å². The van der Waals surface area contributed by atoms with E-state index in [1.807, 2.05) is 0 Å². The average molecular weight is 354 g/mol. The third-order valence-electron chi connectivity index (χ3n) is 4.67. The van der Waals surface area contributed by atoms with Gasteiger partial charge in [-0.3, -0.25) is 9.97 Å². The maximum atomic E-state index is 11.5. The summed E-state index contributed by atoms with van der Waals surface area (Å²) < 4.78 is 1.06. The zero-order chi connectivity index (χ0) is 18.3. The first-order valence-electron chi connectivity index (χ1n) is 10.1. The highest BCUT2D eigenvalue weighted by atomic mass is 16.2. The summed E-state index contributed by atoms with van der Waals surface area (Å²) in [6, 6.07) is 0. The average Bonchev–Trinajstić information content (AvgIpc) is 2.57. The van der Waals surface area contributed by atoms with E-state index in [-0.39, 0.29) is 0 Å². The molecule has 0 aromatic carbocycles. The van der Waals surface area contributed by atoms with Crippen molar-refractivity contribution in [1.29, 1.82) is 0 Å². The Kier molecular flexibility index (Phi) is 11.7. The van der Waals surface area contributed by atoms with Crippen molar-refractivity contribution < 1.29 is 0 Å².